The average molecular weight is 260 g/mol. The number of aryl methyl sites for hydroxylation is 1. The molecule has 2 rings (SSSR count). The lowest BCUT2D eigenvalue weighted by Crippen LogP contribution is -2.02. The van der Waals surface area contributed by atoms with Crippen molar-refractivity contribution in [1.82, 2.24) is 0 Å². The number of aromatic hydroxyl groups is 4. The summed E-state index contributed by atoms with van der Waals surface area (Å²) >= 11 is 0. The predicted molar refractivity (Wildman–Crippen MR) is 67.7 cm³/mol. The molecule has 0 aliphatic rings. The van der Waals surface area contributed by atoms with Crippen LogP contribution in [-0.4, -0.2) is 26.2 Å². The maximum absolute atomic E-state index is 12.2. The summed E-state index contributed by atoms with van der Waals surface area (Å²) < 4.78 is 0. The van der Waals surface area contributed by atoms with Crippen LogP contribution in [0.4, 0.5) is 0 Å². The van der Waals surface area contributed by atoms with Gasteiger partial charge in [-0.3, -0.25) is 4.79 Å². The van der Waals surface area contributed by atoms with E-state index in [1.807, 2.05) is 0 Å². The second-order valence-corrected chi connectivity index (χ2v) is 4.21. The van der Waals surface area contributed by atoms with E-state index in [-0.39, 0.29) is 16.9 Å². The summed E-state index contributed by atoms with van der Waals surface area (Å²) in [6, 6.07) is 6.59. The predicted octanol–water partition coefficient (Wildman–Crippen LogP) is 2.05. The molecule has 0 spiro atoms. The molecule has 19 heavy (non-hydrogen) atoms. The van der Waals surface area contributed by atoms with Crippen LogP contribution in [0.1, 0.15) is 21.5 Å². The van der Waals surface area contributed by atoms with Crippen molar-refractivity contribution in [2.45, 2.75) is 6.92 Å². The van der Waals surface area contributed by atoms with Crippen molar-refractivity contribution in [3.05, 3.63) is 47.0 Å². The van der Waals surface area contributed by atoms with Crippen LogP contribution in [0.5, 0.6) is 23.0 Å². The normalized spacial score (nSPS) is 10.4. The van der Waals surface area contributed by atoms with Crippen LogP contribution in [0.25, 0.3) is 0 Å². The number of carbonyl (C=O) groups is 1. The summed E-state index contributed by atoms with van der Waals surface area (Å²) in [6.07, 6.45) is 0. The number of hydrogen-bond donors (Lipinski definition) is 4. The van der Waals surface area contributed by atoms with E-state index in [2.05, 4.69) is 0 Å². The zero-order valence-corrected chi connectivity index (χ0v) is 10.1. The van der Waals surface area contributed by atoms with Gasteiger partial charge in [0, 0.05) is 5.56 Å². The van der Waals surface area contributed by atoms with Crippen LogP contribution in [0.3, 0.4) is 0 Å². The van der Waals surface area contributed by atoms with Gasteiger partial charge in [-0.05, 0) is 31.2 Å². The molecule has 2 aromatic carbocycles. The van der Waals surface area contributed by atoms with Gasteiger partial charge in [0.05, 0.1) is 5.56 Å². The lowest BCUT2D eigenvalue weighted by atomic mass is 10.00. The van der Waals surface area contributed by atoms with Crippen LogP contribution in [0, 0.1) is 6.92 Å². The van der Waals surface area contributed by atoms with E-state index in [9.17, 15) is 25.2 Å². The number of carbonyl (C=O) groups excluding carboxylic acids is 1. The molecular formula is C14H12O5. The minimum atomic E-state index is -0.690. The van der Waals surface area contributed by atoms with Crippen LogP contribution in [0.2, 0.25) is 0 Å². The summed E-state index contributed by atoms with van der Waals surface area (Å²) in [5.74, 6) is -2.65. The first kappa shape index (κ1) is 12.8. The first-order valence-corrected chi connectivity index (χ1v) is 5.49. The van der Waals surface area contributed by atoms with Crippen LogP contribution < -0.4 is 0 Å². The Morgan fingerprint density at radius 3 is 2.05 bits per heavy atom. The van der Waals surface area contributed by atoms with E-state index in [0.717, 1.165) is 17.7 Å². The van der Waals surface area contributed by atoms with Crippen LogP contribution in [0.15, 0.2) is 30.3 Å². The van der Waals surface area contributed by atoms with E-state index in [0.29, 0.717) is 0 Å². The Balaban J connectivity index is 2.53. The van der Waals surface area contributed by atoms with Gasteiger partial charge in [0.2, 0.25) is 0 Å². The first-order chi connectivity index (χ1) is 8.90. The molecule has 0 saturated carbocycles. The molecule has 0 unspecified atom stereocenters. The Morgan fingerprint density at radius 1 is 0.895 bits per heavy atom. The average Bonchev–Trinajstić information content (AvgIpc) is 2.37. The second kappa shape index (κ2) is 4.53. The van der Waals surface area contributed by atoms with E-state index < -0.39 is 23.0 Å². The fraction of sp³-hybridized carbons (Fsp3) is 0.0714. The topological polar surface area (TPSA) is 98.0 Å². The number of phenols is 4. The van der Waals surface area contributed by atoms with Crippen molar-refractivity contribution in [1.29, 1.82) is 0 Å². The summed E-state index contributed by atoms with van der Waals surface area (Å²) in [7, 11) is 0. The molecule has 0 aliphatic carbocycles. The quantitative estimate of drug-likeness (QED) is 0.489. The van der Waals surface area contributed by atoms with Crippen LogP contribution >= 0.6 is 0 Å². The lowest BCUT2D eigenvalue weighted by Gasteiger charge is -2.07. The molecular weight excluding hydrogens is 248 g/mol. The Kier molecular flexibility index (Phi) is 3.04. The number of ketones is 1. The number of hydrogen-bond acceptors (Lipinski definition) is 5. The zero-order chi connectivity index (χ0) is 14.2. The minimum absolute atomic E-state index is 0.0336. The third-order valence-corrected chi connectivity index (χ3v) is 2.73. The first-order valence-electron chi connectivity index (χ1n) is 5.49. The largest absolute Gasteiger partial charge is 0.507 e. The molecule has 5 nitrogen and oxygen atoms in total. The molecule has 4 N–H and O–H groups in total. The molecule has 0 saturated heterocycles. The fourth-order valence-electron chi connectivity index (χ4n) is 1.72. The summed E-state index contributed by atoms with van der Waals surface area (Å²) in [5.41, 5.74) is 0.812. The monoisotopic (exact) mass is 260 g/mol. The van der Waals surface area contributed by atoms with Crippen molar-refractivity contribution in [3.63, 3.8) is 0 Å². The number of rotatable bonds is 2. The molecule has 0 bridgehead atoms. The highest BCUT2D eigenvalue weighted by Gasteiger charge is 2.17. The van der Waals surface area contributed by atoms with Gasteiger partial charge in [-0.2, -0.15) is 0 Å². The third kappa shape index (κ3) is 2.30. The summed E-state index contributed by atoms with van der Waals surface area (Å²) in [5, 5.41) is 37.6. The Labute approximate surface area is 109 Å². The van der Waals surface area contributed by atoms with E-state index >= 15 is 0 Å². The van der Waals surface area contributed by atoms with Gasteiger partial charge < -0.3 is 20.4 Å². The third-order valence-electron chi connectivity index (χ3n) is 2.73. The van der Waals surface area contributed by atoms with Gasteiger partial charge >= 0.3 is 0 Å². The molecule has 0 amide bonds. The molecule has 0 aliphatic heterocycles. The summed E-state index contributed by atoms with van der Waals surface area (Å²) in [6.45, 7) is 1.77. The second-order valence-electron chi connectivity index (χ2n) is 4.21. The van der Waals surface area contributed by atoms with Crippen molar-refractivity contribution >= 4 is 5.78 Å². The molecule has 0 radical (unpaired) electrons. The van der Waals surface area contributed by atoms with Crippen molar-refractivity contribution in [2.24, 2.45) is 0 Å². The van der Waals surface area contributed by atoms with Crippen molar-refractivity contribution in [3.8, 4) is 23.0 Å². The van der Waals surface area contributed by atoms with E-state index in [4.69, 9.17) is 0 Å². The van der Waals surface area contributed by atoms with E-state index in [1.54, 1.807) is 13.0 Å². The zero-order valence-electron chi connectivity index (χ0n) is 10.1. The molecule has 0 fully saturated rings. The molecule has 2 aromatic rings. The lowest BCUT2D eigenvalue weighted by molar-refractivity contribution is 0.103. The maximum atomic E-state index is 12.2. The molecule has 5 heteroatoms. The van der Waals surface area contributed by atoms with Crippen molar-refractivity contribution < 1.29 is 25.2 Å². The SMILES string of the molecule is Cc1ccc(O)c(C(=O)c2cc(O)c(O)c(O)c2)c1. The Morgan fingerprint density at radius 2 is 1.47 bits per heavy atom. The standard InChI is InChI=1S/C14H12O5/c1-7-2-3-10(15)9(4-7)13(18)8-5-11(16)14(19)12(17)6-8/h2-6,15-17,19H,1H3. The summed E-state index contributed by atoms with van der Waals surface area (Å²) in [4.78, 5) is 12.2. The smallest absolute Gasteiger partial charge is 0.200 e. The molecule has 98 valence electrons. The molecule has 0 atom stereocenters. The highest BCUT2D eigenvalue weighted by molar-refractivity contribution is 6.11. The van der Waals surface area contributed by atoms with Gasteiger partial charge in [0.25, 0.3) is 0 Å². The van der Waals surface area contributed by atoms with Gasteiger partial charge in [0.15, 0.2) is 23.0 Å². The fourth-order valence-corrected chi connectivity index (χ4v) is 1.72. The van der Waals surface area contributed by atoms with Crippen LogP contribution in [-0.2, 0) is 0 Å². The number of phenolic OH excluding ortho intramolecular Hbond substituents is 4. The highest BCUT2D eigenvalue weighted by Crippen LogP contribution is 2.36. The number of benzene rings is 2. The Hall–Kier alpha value is -2.69. The molecule has 0 aromatic heterocycles. The maximum Gasteiger partial charge on any atom is 0.200 e. The Bertz CT molecular complexity index is 638. The van der Waals surface area contributed by atoms with Gasteiger partial charge in [0.1, 0.15) is 5.75 Å². The van der Waals surface area contributed by atoms with Gasteiger partial charge in [-0.15, -0.1) is 0 Å². The van der Waals surface area contributed by atoms with Crippen molar-refractivity contribution in [2.75, 3.05) is 0 Å². The minimum Gasteiger partial charge on any atom is -0.507 e. The highest BCUT2D eigenvalue weighted by atomic mass is 16.3. The van der Waals surface area contributed by atoms with Gasteiger partial charge in [-0.25, -0.2) is 0 Å². The van der Waals surface area contributed by atoms with E-state index in [1.165, 1.54) is 12.1 Å². The molecule has 0 heterocycles. The van der Waals surface area contributed by atoms with Gasteiger partial charge in [-0.1, -0.05) is 11.6 Å².